The van der Waals surface area contributed by atoms with Gasteiger partial charge >= 0.3 is 0 Å². The zero-order valence-electron chi connectivity index (χ0n) is 23.0. The lowest BCUT2D eigenvalue weighted by Gasteiger charge is -2.32. The van der Waals surface area contributed by atoms with Gasteiger partial charge in [-0.05, 0) is 67.1 Å². The van der Waals surface area contributed by atoms with Crippen molar-refractivity contribution < 1.29 is 18.7 Å². The van der Waals surface area contributed by atoms with Crippen LogP contribution in [0.15, 0.2) is 54.7 Å². The minimum atomic E-state index is -0.956. The Hall–Kier alpha value is -4.03. The molecule has 1 unspecified atom stereocenters. The largest absolute Gasteiger partial charge is 0.492 e. The van der Waals surface area contributed by atoms with Gasteiger partial charge in [-0.25, -0.2) is 14.4 Å². The molecule has 2 atom stereocenters. The molecule has 1 aliphatic carbocycles. The Balaban J connectivity index is 1.05. The number of amides is 1. The van der Waals surface area contributed by atoms with Gasteiger partial charge < -0.3 is 19.3 Å². The van der Waals surface area contributed by atoms with Crippen molar-refractivity contribution in [3.05, 3.63) is 71.7 Å². The van der Waals surface area contributed by atoms with Gasteiger partial charge in [-0.3, -0.25) is 4.79 Å². The number of benzene rings is 2. The summed E-state index contributed by atoms with van der Waals surface area (Å²) in [6.45, 7) is 5.08. The van der Waals surface area contributed by atoms with Crippen LogP contribution in [0.4, 0.5) is 10.1 Å². The first kappa shape index (κ1) is 27.2. The molecule has 3 aliphatic rings. The zero-order chi connectivity index (χ0) is 28.2. The van der Waals surface area contributed by atoms with E-state index in [1.807, 2.05) is 24.3 Å². The fraction of sp³-hybridized carbons (Fsp3) is 0.438. The number of hydrogen-bond donors (Lipinski definition) is 0. The van der Waals surface area contributed by atoms with E-state index in [1.54, 1.807) is 11.1 Å². The molecule has 3 fully saturated rings. The molecule has 2 aliphatic heterocycles. The predicted octanol–water partition coefficient (Wildman–Crippen LogP) is 4.42. The van der Waals surface area contributed by atoms with Crippen molar-refractivity contribution in [3.8, 4) is 23.1 Å². The van der Waals surface area contributed by atoms with Crippen molar-refractivity contribution in [3.63, 3.8) is 0 Å². The molecule has 1 amide bonds. The molecule has 0 radical (unpaired) electrons. The number of nitriles is 1. The maximum absolute atomic E-state index is 13.2. The van der Waals surface area contributed by atoms with E-state index in [2.05, 4.69) is 40.2 Å². The maximum atomic E-state index is 13.2. The number of halogens is 1. The van der Waals surface area contributed by atoms with Crippen LogP contribution < -0.4 is 9.64 Å². The first-order chi connectivity index (χ1) is 20.1. The average molecular weight is 556 g/mol. The molecule has 0 bridgehead atoms. The lowest BCUT2D eigenvalue weighted by Crippen LogP contribution is -2.40. The van der Waals surface area contributed by atoms with Gasteiger partial charge in [-0.15, -0.1) is 0 Å². The van der Waals surface area contributed by atoms with Crippen LogP contribution in [0.2, 0.25) is 0 Å². The van der Waals surface area contributed by atoms with E-state index in [9.17, 15) is 14.4 Å². The number of rotatable bonds is 8. The summed E-state index contributed by atoms with van der Waals surface area (Å²) in [6, 6.07) is 18.2. The Morgan fingerprint density at radius 2 is 1.83 bits per heavy atom. The highest BCUT2D eigenvalue weighted by Crippen LogP contribution is 2.36. The van der Waals surface area contributed by atoms with Gasteiger partial charge in [0.2, 0.25) is 5.91 Å². The van der Waals surface area contributed by atoms with E-state index in [-0.39, 0.29) is 11.8 Å². The quantitative estimate of drug-likeness (QED) is 0.406. The normalized spacial score (nSPS) is 20.9. The third kappa shape index (κ3) is 6.49. The molecule has 41 heavy (non-hydrogen) atoms. The van der Waals surface area contributed by atoms with Gasteiger partial charge in [0.25, 0.3) is 0 Å². The van der Waals surface area contributed by atoms with Crippen LogP contribution in [0.1, 0.15) is 36.2 Å². The van der Waals surface area contributed by atoms with Crippen molar-refractivity contribution in [1.29, 1.82) is 5.26 Å². The van der Waals surface area contributed by atoms with E-state index in [1.165, 1.54) is 5.69 Å². The van der Waals surface area contributed by atoms with Crippen molar-refractivity contribution in [2.45, 2.75) is 31.9 Å². The summed E-state index contributed by atoms with van der Waals surface area (Å²) in [6.07, 6.45) is 3.41. The second-order valence-corrected chi connectivity index (χ2v) is 11.1. The number of carbonyl (C=O) groups excluding carboxylic acids is 1. The fourth-order valence-corrected chi connectivity index (χ4v) is 5.56. The van der Waals surface area contributed by atoms with Gasteiger partial charge in [0.1, 0.15) is 23.8 Å². The van der Waals surface area contributed by atoms with E-state index < -0.39 is 12.1 Å². The van der Waals surface area contributed by atoms with E-state index in [0.29, 0.717) is 49.7 Å². The molecule has 212 valence electrons. The topological polar surface area (TPSA) is 91.6 Å². The van der Waals surface area contributed by atoms with E-state index >= 15 is 0 Å². The van der Waals surface area contributed by atoms with Crippen molar-refractivity contribution >= 4 is 11.6 Å². The van der Waals surface area contributed by atoms with Crippen molar-refractivity contribution in [2.75, 3.05) is 50.9 Å². The second kappa shape index (κ2) is 12.2. The Morgan fingerprint density at radius 1 is 1.07 bits per heavy atom. The van der Waals surface area contributed by atoms with Crippen LogP contribution in [0.3, 0.4) is 0 Å². The zero-order valence-corrected chi connectivity index (χ0v) is 23.0. The highest BCUT2D eigenvalue weighted by molar-refractivity contribution is 5.82. The molecule has 0 N–H and O–H groups in total. The Bertz CT molecular complexity index is 1410. The first-order valence-corrected chi connectivity index (χ1v) is 14.4. The smallest absolute Gasteiger partial charge is 0.228 e. The Kier molecular flexibility index (Phi) is 8.10. The van der Waals surface area contributed by atoms with E-state index in [4.69, 9.17) is 14.5 Å². The van der Waals surface area contributed by atoms with Crippen LogP contribution >= 0.6 is 0 Å². The van der Waals surface area contributed by atoms with Gasteiger partial charge in [0.15, 0.2) is 0 Å². The molecule has 2 saturated heterocycles. The van der Waals surface area contributed by atoms with Crippen LogP contribution in [0.25, 0.3) is 11.3 Å². The third-order valence-corrected chi connectivity index (χ3v) is 8.21. The SMILES string of the molecule is N#Cc1cc(-c2ccnc(Cc3ccc(N4CCOCC4)cc3)n2)ccc1OCC1CCN(C(=O)C2C[C@H]2F)CC1. The van der Waals surface area contributed by atoms with Crippen LogP contribution in [-0.2, 0) is 16.0 Å². The lowest BCUT2D eigenvalue weighted by molar-refractivity contribution is -0.134. The molecule has 9 heteroatoms. The molecular formula is C32H34FN5O3. The number of alkyl halides is 1. The Morgan fingerprint density at radius 3 is 2.54 bits per heavy atom. The molecule has 1 aromatic heterocycles. The summed E-state index contributed by atoms with van der Waals surface area (Å²) >= 11 is 0. The first-order valence-electron chi connectivity index (χ1n) is 14.4. The number of morpholine rings is 1. The number of anilines is 1. The molecular weight excluding hydrogens is 521 g/mol. The molecule has 3 heterocycles. The van der Waals surface area contributed by atoms with Gasteiger partial charge in [-0.2, -0.15) is 5.26 Å². The minimum absolute atomic E-state index is 0.0474. The maximum Gasteiger partial charge on any atom is 0.228 e. The number of ether oxygens (including phenoxy) is 2. The lowest BCUT2D eigenvalue weighted by atomic mass is 9.97. The van der Waals surface area contributed by atoms with Crippen LogP contribution in [0.5, 0.6) is 5.75 Å². The molecule has 2 aromatic carbocycles. The summed E-state index contributed by atoms with van der Waals surface area (Å²) < 4.78 is 24.7. The molecule has 0 spiro atoms. The number of hydrogen-bond acceptors (Lipinski definition) is 7. The van der Waals surface area contributed by atoms with Crippen LogP contribution in [0, 0.1) is 23.2 Å². The average Bonchev–Trinajstić information content (AvgIpc) is 3.77. The summed E-state index contributed by atoms with van der Waals surface area (Å²) in [5.41, 5.74) is 4.37. The van der Waals surface area contributed by atoms with Gasteiger partial charge in [0.05, 0.1) is 37.0 Å². The minimum Gasteiger partial charge on any atom is -0.492 e. The summed E-state index contributed by atoms with van der Waals surface area (Å²) in [5.74, 6) is 1.08. The molecule has 8 nitrogen and oxygen atoms in total. The van der Waals surface area contributed by atoms with Gasteiger partial charge in [-0.1, -0.05) is 12.1 Å². The molecule has 1 saturated carbocycles. The van der Waals surface area contributed by atoms with E-state index in [0.717, 1.165) is 56.0 Å². The number of carbonyl (C=O) groups is 1. The fourth-order valence-electron chi connectivity index (χ4n) is 5.56. The van der Waals surface area contributed by atoms with Crippen LogP contribution in [-0.4, -0.2) is 72.9 Å². The second-order valence-electron chi connectivity index (χ2n) is 11.1. The third-order valence-electron chi connectivity index (χ3n) is 8.21. The summed E-state index contributed by atoms with van der Waals surface area (Å²) in [7, 11) is 0. The highest BCUT2D eigenvalue weighted by atomic mass is 19.1. The summed E-state index contributed by atoms with van der Waals surface area (Å²) in [5, 5.41) is 9.82. The van der Waals surface area contributed by atoms with Crippen molar-refractivity contribution in [2.24, 2.45) is 11.8 Å². The highest BCUT2D eigenvalue weighted by Gasteiger charge is 2.46. The summed E-state index contributed by atoms with van der Waals surface area (Å²) in [4.78, 5) is 25.6. The number of nitrogens with zero attached hydrogens (tertiary/aromatic N) is 5. The predicted molar refractivity (Wildman–Crippen MR) is 152 cm³/mol. The Labute approximate surface area is 239 Å². The van der Waals surface area contributed by atoms with Gasteiger partial charge in [0, 0.05) is 50.0 Å². The molecule has 3 aromatic rings. The number of likely N-dealkylation sites (tertiary alicyclic amines) is 1. The number of piperidine rings is 1. The standard InChI is InChI=1S/C32H34FN5O3/c33-28-19-27(28)32(39)38-11-8-23(9-12-38)21-41-30-6-3-24(18-25(30)20-34)29-7-10-35-31(36-29)17-22-1-4-26(5-2-22)37-13-15-40-16-14-37/h1-7,10,18,23,27-28H,8-9,11-17,19,21H2/t27?,28-/m1/s1. The molecule has 6 rings (SSSR count). The monoisotopic (exact) mass is 555 g/mol. The van der Waals surface area contributed by atoms with Crippen molar-refractivity contribution in [1.82, 2.24) is 14.9 Å². The number of aromatic nitrogens is 2.